The summed E-state index contributed by atoms with van der Waals surface area (Å²) < 4.78 is 16.2. The van der Waals surface area contributed by atoms with Crippen LogP contribution in [-0.2, 0) is 6.54 Å². The van der Waals surface area contributed by atoms with Crippen LogP contribution in [0.25, 0.3) is 22.2 Å². The van der Waals surface area contributed by atoms with E-state index in [9.17, 15) is 4.79 Å². The monoisotopic (exact) mass is 449 g/mol. The van der Waals surface area contributed by atoms with E-state index in [-0.39, 0.29) is 12.0 Å². The van der Waals surface area contributed by atoms with Gasteiger partial charge in [-0.1, -0.05) is 17.3 Å². The molecule has 7 nitrogen and oxygen atoms in total. The molecule has 4 rings (SSSR count). The van der Waals surface area contributed by atoms with Crippen LogP contribution < -0.4 is 14.8 Å². The predicted molar refractivity (Wildman–Crippen MR) is 123 cm³/mol. The second-order valence-electron chi connectivity index (χ2n) is 7.31. The molecule has 0 unspecified atom stereocenters. The number of methoxy groups -OCH3 is 1. The molecule has 0 spiro atoms. The van der Waals surface area contributed by atoms with Crippen molar-refractivity contribution in [3.63, 3.8) is 0 Å². The molecule has 1 amide bonds. The Morgan fingerprint density at radius 3 is 2.44 bits per heavy atom. The molecule has 0 fully saturated rings. The molecule has 0 aliphatic heterocycles. The summed E-state index contributed by atoms with van der Waals surface area (Å²) in [5.74, 6) is 2.27. The summed E-state index contributed by atoms with van der Waals surface area (Å²) in [7, 11) is 1.61. The van der Waals surface area contributed by atoms with Crippen LogP contribution in [0.5, 0.6) is 11.5 Å². The summed E-state index contributed by atoms with van der Waals surface area (Å²) in [5.41, 5.74) is 1.79. The number of carbonyl (C=O) groups excluding carboxylic acids is 1. The molecule has 164 valence electrons. The van der Waals surface area contributed by atoms with Gasteiger partial charge in [0.15, 0.2) is 0 Å². The Morgan fingerprint density at radius 1 is 1.03 bits per heavy atom. The molecule has 2 aromatic heterocycles. The van der Waals surface area contributed by atoms with Crippen LogP contribution in [0, 0.1) is 0 Å². The van der Waals surface area contributed by atoms with Gasteiger partial charge in [0, 0.05) is 12.1 Å². The minimum absolute atomic E-state index is 0.125. The van der Waals surface area contributed by atoms with Crippen molar-refractivity contribution in [2.24, 2.45) is 0 Å². The van der Waals surface area contributed by atoms with Crippen molar-refractivity contribution in [1.29, 1.82) is 0 Å². The number of hydrogen-bond donors (Lipinski definition) is 1. The maximum absolute atomic E-state index is 12.6. The first-order valence-corrected chi connectivity index (χ1v) is 11.0. The first-order valence-electron chi connectivity index (χ1n) is 10.1. The third kappa shape index (κ3) is 5.15. The summed E-state index contributed by atoms with van der Waals surface area (Å²) >= 11 is 1.32. The SMILES string of the molecule is COc1ccc(-c2nc(-c3ccc(C(=O)NCc4ccc(OC(C)C)cc4)s3)no2)cc1. The third-order valence-electron chi connectivity index (χ3n) is 4.56. The van der Waals surface area contributed by atoms with E-state index in [0.717, 1.165) is 27.5 Å². The third-order valence-corrected chi connectivity index (χ3v) is 5.64. The van der Waals surface area contributed by atoms with Crippen LogP contribution >= 0.6 is 11.3 Å². The molecule has 8 heteroatoms. The number of thiophene rings is 1. The fraction of sp³-hybridized carbons (Fsp3) is 0.208. The first-order chi connectivity index (χ1) is 15.5. The number of nitrogens with zero attached hydrogens (tertiary/aromatic N) is 2. The van der Waals surface area contributed by atoms with Gasteiger partial charge in [0.25, 0.3) is 11.8 Å². The van der Waals surface area contributed by atoms with Crippen molar-refractivity contribution in [1.82, 2.24) is 15.5 Å². The minimum Gasteiger partial charge on any atom is -0.497 e. The smallest absolute Gasteiger partial charge is 0.261 e. The molecule has 4 aromatic rings. The van der Waals surface area contributed by atoms with Gasteiger partial charge in [0.2, 0.25) is 5.82 Å². The minimum atomic E-state index is -0.150. The lowest BCUT2D eigenvalue weighted by atomic mass is 10.2. The zero-order valence-electron chi connectivity index (χ0n) is 18.0. The fourth-order valence-electron chi connectivity index (χ4n) is 2.98. The maximum atomic E-state index is 12.6. The molecule has 0 aliphatic rings. The number of rotatable bonds is 8. The zero-order valence-corrected chi connectivity index (χ0v) is 18.8. The normalized spacial score (nSPS) is 10.9. The van der Waals surface area contributed by atoms with E-state index < -0.39 is 0 Å². The molecule has 0 bridgehead atoms. The number of carbonyl (C=O) groups is 1. The lowest BCUT2D eigenvalue weighted by Gasteiger charge is -2.10. The second kappa shape index (κ2) is 9.65. The highest BCUT2D eigenvalue weighted by molar-refractivity contribution is 7.17. The molecule has 0 aliphatic carbocycles. The second-order valence-corrected chi connectivity index (χ2v) is 8.39. The van der Waals surface area contributed by atoms with Crippen molar-refractivity contribution in [2.75, 3.05) is 7.11 Å². The molecule has 2 aromatic carbocycles. The van der Waals surface area contributed by atoms with Gasteiger partial charge in [-0.2, -0.15) is 4.98 Å². The van der Waals surface area contributed by atoms with Gasteiger partial charge < -0.3 is 19.3 Å². The van der Waals surface area contributed by atoms with Crippen LogP contribution in [0.2, 0.25) is 0 Å². The number of nitrogens with one attached hydrogen (secondary N) is 1. The van der Waals surface area contributed by atoms with E-state index in [1.165, 1.54) is 11.3 Å². The molecule has 0 atom stereocenters. The van der Waals surface area contributed by atoms with Crippen LogP contribution in [0.1, 0.15) is 29.1 Å². The average molecular weight is 450 g/mol. The number of benzene rings is 2. The summed E-state index contributed by atoms with van der Waals surface area (Å²) in [5, 5.41) is 6.99. The Balaban J connectivity index is 1.38. The van der Waals surface area contributed by atoms with Crippen molar-refractivity contribution >= 4 is 17.2 Å². The van der Waals surface area contributed by atoms with Crippen molar-refractivity contribution in [2.45, 2.75) is 26.5 Å². The van der Waals surface area contributed by atoms with E-state index >= 15 is 0 Å². The Labute approximate surface area is 190 Å². The quantitative estimate of drug-likeness (QED) is 0.398. The van der Waals surface area contributed by atoms with Gasteiger partial charge in [0.05, 0.1) is 23.0 Å². The molecule has 0 radical (unpaired) electrons. The molecule has 32 heavy (non-hydrogen) atoms. The van der Waals surface area contributed by atoms with Crippen LogP contribution in [-0.4, -0.2) is 29.3 Å². The maximum Gasteiger partial charge on any atom is 0.261 e. The topological polar surface area (TPSA) is 86.5 Å². The van der Waals surface area contributed by atoms with Gasteiger partial charge in [-0.3, -0.25) is 4.79 Å². The highest BCUT2D eigenvalue weighted by atomic mass is 32.1. The summed E-state index contributed by atoms with van der Waals surface area (Å²) in [6, 6.07) is 18.6. The van der Waals surface area contributed by atoms with Gasteiger partial charge in [-0.15, -0.1) is 11.3 Å². The molecule has 0 saturated carbocycles. The largest absolute Gasteiger partial charge is 0.497 e. The summed E-state index contributed by atoms with van der Waals surface area (Å²) in [6.45, 7) is 4.40. The van der Waals surface area contributed by atoms with E-state index in [0.29, 0.717) is 23.1 Å². The number of amides is 1. The van der Waals surface area contributed by atoms with Crippen molar-refractivity contribution < 1.29 is 18.8 Å². The molecule has 2 heterocycles. The Morgan fingerprint density at radius 2 is 1.75 bits per heavy atom. The van der Waals surface area contributed by atoms with Gasteiger partial charge in [0.1, 0.15) is 11.5 Å². The van der Waals surface area contributed by atoms with Crippen LogP contribution in [0.3, 0.4) is 0 Å². The van der Waals surface area contributed by atoms with Crippen LogP contribution in [0.15, 0.2) is 65.2 Å². The lowest BCUT2D eigenvalue weighted by molar-refractivity contribution is 0.0955. The highest BCUT2D eigenvalue weighted by Crippen LogP contribution is 2.29. The lowest BCUT2D eigenvalue weighted by Crippen LogP contribution is -2.21. The average Bonchev–Trinajstić information content (AvgIpc) is 3.48. The van der Waals surface area contributed by atoms with E-state index in [1.807, 2.05) is 68.4 Å². The fourth-order valence-corrected chi connectivity index (χ4v) is 3.83. The van der Waals surface area contributed by atoms with Gasteiger partial charge in [-0.05, 0) is 67.9 Å². The molecular weight excluding hydrogens is 426 g/mol. The number of aromatic nitrogens is 2. The molecule has 1 N–H and O–H groups in total. The van der Waals surface area contributed by atoms with Crippen molar-refractivity contribution in [3.05, 3.63) is 71.1 Å². The summed E-state index contributed by atoms with van der Waals surface area (Å²) in [6.07, 6.45) is 0.125. The highest BCUT2D eigenvalue weighted by Gasteiger charge is 2.15. The van der Waals surface area contributed by atoms with Crippen LogP contribution in [0.4, 0.5) is 0 Å². The van der Waals surface area contributed by atoms with E-state index in [4.69, 9.17) is 14.0 Å². The predicted octanol–water partition coefficient (Wildman–Crippen LogP) is 5.19. The van der Waals surface area contributed by atoms with E-state index in [1.54, 1.807) is 13.2 Å². The molecule has 0 saturated heterocycles. The van der Waals surface area contributed by atoms with E-state index in [2.05, 4.69) is 15.5 Å². The Bertz CT molecular complexity index is 1180. The Hall–Kier alpha value is -3.65. The zero-order chi connectivity index (χ0) is 22.5. The molecular formula is C24H23N3O4S. The number of ether oxygens (including phenoxy) is 2. The Kier molecular flexibility index (Phi) is 6.51. The first kappa shape index (κ1) is 21.6. The number of hydrogen-bond acceptors (Lipinski definition) is 7. The van der Waals surface area contributed by atoms with Gasteiger partial charge >= 0.3 is 0 Å². The van der Waals surface area contributed by atoms with Crippen molar-refractivity contribution in [3.8, 4) is 33.7 Å². The standard InChI is InChI=1S/C24H23N3O4S/c1-15(2)30-19-8-4-16(5-9-19)14-25-23(28)21-13-12-20(32-21)22-26-24(31-27-22)17-6-10-18(29-3)11-7-17/h4-13,15H,14H2,1-3H3,(H,25,28). The summed E-state index contributed by atoms with van der Waals surface area (Å²) in [4.78, 5) is 18.3. The van der Waals surface area contributed by atoms with Gasteiger partial charge in [-0.25, -0.2) is 0 Å².